The maximum atomic E-state index is 13.3. The van der Waals surface area contributed by atoms with Crippen LogP contribution in [0.15, 0.2) is 49.1 Å². The van der Waals surface area contributed by atoms with Crippen molar-refractivity contribution in [2.24, 2.45) is 0 Å². The first-order chi connectivity index (χ1) is 13.5. The number of ether oxygens (including phenoxy) is 1. The minimum atomic E-state index is -0.607. The van der Waals surface area contributed by atoms with Gasteiger partial charge in [-0.25, -0.2) is 0 Å². The van der Waals surface area contributed by atoms with E-state index in [1.807, 2.05) is 24.3 Å². The molecule has 2 atom stereocenters. The van der Waals surface area contributed by atoms with Crippen molar-refractivity contribution >= 4 is 17.5 Å². The van der Waals surface area contributed by atoms with Crippen LogP contribution in [0.3, 0.4) is 0 Å². The number of nitrogens with one attached hydrogen (secondary N) is 1. The van der Waals surface area contributed by atoms with E-state index in [-0.39, 0.29) is 17.9 Å². The first kappa shape index (κ1) is 18.4. The molecular weight excluding hydrogens is 352 g/mol. The zero-order valence-corrected chi connectivity index (χ0v) is 16.2. The van der Waals surface area contributed by atoms with Gasteiger partial charge in [-0.15, -0.1) is 6.58 Å². The summed E-state index contributed by atoms with van der Waals surface area (Å²) in [6.07, 6.45) is 1.99. The van der Waals surface area contributed by atoms with Gasteiger partial charge in [0, 0.05) is 6.54 Å². The van der Waals surface area contributed by atoms with Crippen LogP contribution in [0, 0.1) is 13.8 Å². The second-order valence-electron chi connectivity index (χ2n) is 7.39. The molecule has 0 saturated carbocycles. The van der Waals surface area contributed by atoms with Crippen molar-refractivity contribution < 1.29 is 14.3 Å². The SMILES string of the molecule is C=CCO[C@@H]1CCN2C(=O)c3cc(-c4cccc(C)c4C)ccc3NC(=O)[C@H]12. The smallest absolute Gasteiger partial charge is 0.256 e. The van der Waals surface area contributed by atoms with Gasteiger partial charge < -0.3 is 15.0 Å². The molecule has 0 bridgehead atoms. The van der Waals surface area contributed by atoms with Crippen LogP contribution in [-0.4, -0.2) is 42.0 Å². The second kappa shape index (κ2) is 7.24. The Morgan fingerprint density at radius 1 is 1.21 bits per heavy atom. The van der Waals surface area contributed by atoms with Gasteiger partial charge in [-0.1, -0.05) is 30.3 Å². The van der Waals surface area contributed by atoms with Crippen molar-refractivity contribution in [3.05, 3.63) is 65.7 Å². The van der Waals surface area contributed by atoms with E-state index in [4.69, 9.17) is 4.74 Å². The summed E-state index contributed by atoms with van der Waals surface area (Å²) in [6, 6.07) is 11.2. The molecule has 0 aliphatic carbocycles. The molecule has 2 aliphatic heterocycles. The van der Waals surface area contributed by atoms with Crippen LogP contribution in [0.25, 0.3) is 11.1 Å². The first-order valence-corrected chi connectivity index (χ1v) is 9.56. The molecule has 1 N–H and O–H groups in total. The fourth-order valence-corrected chi connectivity index (χ4v) is 4.09. The lowest BCUT2D eigenvalue weighted by molar-refractivity contribution is -0.122. The van der Waals surface area contributed by atoms with E-state index in [2.05, 4.69) is 37.9 Å². The monoisotopic (exact) mass is 376 g/mol. The summed E-state index contributed by atoms with van der Waals surface area (Å²) < 4.78 is 5.74. The minimum Gasteiger partial charge on any atom is -0.371 e. The third kappa shape index (κ3) is 3.02. The number of benzene rings is 2. The Labute approximate surface area is 165 Å². The summed E-state index contributed by atoms with van der Waals surface area (Å²) in [6.45, 7) is 8.68. The number of carbonyl (C=O) groups excluding carboxylic acids is 2. The Balaban J connectivity index is 1.73. The number of amides is 2. The highest BCUT2D eigenvalue weighted by Crippen LogP contribution is 2.34. The number of aryl methyl sites for hydroxylation is 1. The fraction of sp³-hybridized carbons (Fsp3) is 0.304. The minimum absolute atomic E-state index is 0.129. The predicted molar refractivity (Wildman–Crippen MR) is 109 cm³/mol. The molecule has 1 saturated heterocycles. The molecule has 4 rings (SSSR count). The Kier molecular flexibility index (Phi) is 4.77. The number of carbonyl (C=O) groups is 2. The quantitative estimate of drug-likeness (QED) is 0.828. The van der Waals surface area contributed by atoms with Crippen LogP contribution in [0.4, 0.5) is 5.69 Å². The maximum Gasteiger partial charge on any atom is 0.256 e. The van der Waals surface area contributed by atoms with Gasteiger partial charge in [0.25, 0.3) is 5.91 Å². The van der Waals surface area contributed by atoms with Gasteiger partial charge in [0.1, 0.15) is 6.04 Å². The van der Waals surface area contributed by atoms with E-state index >= 15 is 0 Å². The third-order valence-corrected chi connectivity index (χ3v) is 5.72. The summed E-state index contributed by atoms with van der Waals surface area (Å²) >= 11 is 0. The standard InChI is InChI=1S/C23H24N2O3/c1-4-12-28-20-10-11-25-21(20)22(26)24-19-9-8-16(13-18(19)23(25)27)17-7-5-6-14(2)15(17)3/h4-9,13,20-21H,1,10-12H2,2-3H3,(H,24,26)/t20-,21+/m1/s1. The summed E-state index contributed by atoms with van der Waals surface area (Å²) in [7, 11) is 0. The van der Waals surface area contributed by atoms with E-state index in [9.17, 15) is 9.59 Å². The zero-order chi connectivity index (χ0) is 19.8. The average molecular weight is 376 g/mol. The van der Waals surface area contributed by atoms with Crippen LogP contribution < -0.4 is 5.32 Å². The van der Waals surface area contributed by atoms with Gasteiger partial charge in [-0.05, 0) is 54.7 Å². The van der Waals surface area contributed by atoms with Crippen molar-refractivity contribution in [2.45, 2.75) is 32.4 Å². The molecule has 2 aliphatic rings. The number of hydrogen-bond donors (Lipinski definition) is 1. The maximum absolute atomic E-state index is 13.3. The van der Waals surface area contributed by atoms with E-state index in [0.717, 1.165) is 11.1 Å². The summed E-state index contributed by atoms with van der Waals surface area (Å²) in [4.78, 5) is 27.7. The lowest BCUT2D eigenvalue weighted by Crippen LogP contribution is -2.46. The molecule has 2 amide bonds. The topological polar surface area (TPSA) is 58.6 Å². The Hall–Kier alpha value is -2.92. The highest BCUT2D eigenvalue weighted by Gasteiger charge is 2.45. The number of hydrogen-bond acceptors (Lipinski definition) is 3. The molecule has 5 nitrogen and oxygen atoms in total. The molecule has 2 aromatic carbocycles. The summed E-state index contributed by atoms with van der Waals surface area (Å²) in [5.74, 6) is -0.326. The lowest BCUT2D eigenvalue weighted by atomic mass is 9.95. The Bertz CT molecular complexity index is 966. The Morgan fingerprint density at radius 2 is 2.04 bits per heavy atom. The van der Waals surface area contributed by atoms with Gasteiger partial charge in [0.05, 0.1) is 24.0 Å². The number of rotatable bonds is 4. The van der Waals surface area contributed by atoms with Crippen LogP contribution in [0.5, 0.6) is 0 Å². The summed E-state index contributed by atoms with van der Waals surface area (Å²) in [5.41, 5.74) is 5.54. The van der Waals surface area contributed by atoms with E-state index in [0.29, 0.717) is 30.8 Å². The number of nitrogens with zero attached hydrogens (tertiary/aromatic N) is 1. The molecule has 2 aromatic rings. The summed E-state index contributed by atoms with van der Waals surface area (Å²) in [5, 5.41) is 2.93. The average Bonchev–Trinajstić information content (AvgIpc) is 3.08. The molecule has 2 heterocycles. The van der Waals surface area contributed by atoms with Gasteiger partial charge in [-0.3, -0.25) is 9.59 Å². The van der Waals surface area contributed by atoms with Gasteiger partial charge in [-0.2, -0.15) is 0 Å². The predicted octanol–water partition coefficient (Wildman–Crippen LogP) is 3.71. The van der Waals surface area contributed by atoms with Gasteiger partial charge >= 0.3 is 0 Å². The Morgan fingerprint density at radius 3 is 2.82 bits per heavy atom. The molecule has 0 aromatic heterocycles. The molecular formula is C23H24N2O3. The van der Waals surface area contributed by atoms with Crippen molar-refractivity contribution in [3.63, 3.8) is 0 Å². The van der Waals surface area contributed by atoms with Crippen LogP contribution in [0.2, 0.25) is 0 Å². The molecule has 1 fully saturated rings. The molecule has 144 valence electrons. The molecule has 0 spiro atoms. The normalized spacial score (nSPS) is 21.0. The van der Waals surface area contributed by atoms with Gasteiger partial charge in [0.2, 0.25) is 5.91 Å². The van der Waals surface area contributed by atoms with Crippen LogP contribution in [-0.2, 0) is 9.53 Å². The van der Waals surface area contributed by atoms with Crippen molar-refractivity contribution in [1.82, 2.24) is 4.90 Å². The van der Waals surface area contributed by atoms with E-state index < -0.39 is 6.04 Å². The van der Waals surface area contributed by atoms with E-state index in [1.165, 1.54) is 11.1 Å². The first-order valence-electron chi connectivity index (χ1n) is 9.56. The lowest BCUT2D eigenvalue weighted by Gasteiger charge is -2.24. The second-order valence-corrected chi connectivity index (χ2v) is 7.39. The van der Waals surface area contributed by atoms with Crippen molar-refractivity contribution in [1.29, 1.82) is 0 Å². The third-order valence-electron chi connectivity index (χ3n) is 5.72. The number of fused-ring (bicyclic) bond motifs is 2. The largest absolute Gasteiger partial charge is 0.371 e. The molecule has 28 heavy (non-hydrogen) atoms. The van der Waals surface area contributed by atoms with Crippen molar-refractivity contribution in [2.75, 3.05) is 18.5 Å². The highest BCUT2D eigenvalue weighted by atomic mass is 16.5. The van der Waals surface area contributed by atoms with Gasteiger partial charge in [0.15, 0.2) is 0 Å². The van der Waals surface area contributed by atoms with Crippen LogP contribution >= 0.6 is 0 Å². The molecule has 0 unspecified atom stereocenters. The van der Waals surface area contributed by atoms with E-state index in [1.54, 1.807) is 11.0 Å². The highest BCUT2D eigenvalue weighted by molar-refractivity contribution is 6.11. The molecule has 5 heteroatoms. The molecule has 0 radical (unpaired) electrons. The van der Waals surface area contributed by atoms with Crippen LogP contribution in [0.1, 0.15) is 27.9 Å². The number of anilines is 1. The van der Waals surface area contributed by atoms with Crippen molar-refractivity contribution in [3.8, 4) is 11.1 Å². The fourth-order valence-electron chi connectivity index (χ4n) is 4.09. The zero-order valence-electron chi connectivity index (χ0n) is 16.2.